The minimum absolute atomic E-state index is 0.457. The van der Waals surface area contributed by atoms with Crippen molar-refractivity contribution >= 4 is 29.8 Å². The van der Waals surface area contributed by atoms with Crippen LogP contribution in [0, 0.1) is 4.77 Å². The van der Waals surface area contributed by atoms with Gasteiger partial charge in [0.15, 0.2) is 5.82 Å². The molecule has 8 heteroatoms. The molecule has 3 heterocycles. The zero-order chi connectivity index (χ0) is 18.2. The van der Waals surface area contributed by atoms with E-state index < -0.39 is 0 Å². The zero-order valence-electron chi connectivity index (χ0n) is 14.3. The van der Waals surface area contributed by atoms with Crippen LogP contribution in [-0.4, -0.2) is 30.9 Å². The SMILES string of the molecule is S=c1[nH]nc(C2CC2)n1/N=C\c1cn(-c2ccccc2)nc1-c1cccs1. The van der Waals surface area contributed by atoms with Crippen molar-refractivity contribution in [2.45, 2.75) is 18.8 Å². The Morgan fingerprint density at radius 2 is 2.04 bits per heavy atom. The summed E-state index contributed by atoms with van der Waals surface area (Å²) in [6, 6.07) is 14.2. The molecule has 0 unspecified atom stereocenters. The molecule has 134 valence electrons. The molecule has 0 aliphatic heterocycles. The van der Waals surface area contributed by atoms with Crippen LogP contribution in [0.4, 0.5) is 0 Å². The first-order valence-corrected chi connectivity index (χ1v) is 9.99. The number of hydrogen-bond acceptors (Lipinski definition) is 5. The van der Waals surface area contributed by atoms with Crippen molar-refractivity contribution in [3.05, 3.63) is 70.2 Å². The molecule has 0 spiro atoms. The van der Waals surface area contributed by atoms with Gasteiger partial charge in [-0.3, -0.25) is 5.10 Å². The van der Waals surface area contributed by atoms with Crippen LogP contribution in [0.5, 0.6) is 0 Å². The van der Waals surface area contributed by atoms with E-state index in [2.05, 4.69) is 26.7 Å². The van der Waals surface area contributed by atoms with Gasteiger partial charge in [-0.15, -0.1) is 11.3 Å². The summed E-state index contributed by atoms with van der Waals surface area (Å²) in [4.78, 5) is 1.10. The summed E-state index contributed by atoms with van der Waals surface area (Å²) in [5, 5.41) is 18.6. The lowest BCUT2D eigenvalue weighted by Gasteiger charge is -1.98. The number of thiophene rings is 1. The lowest BCUT2D eigenvalue weighted by atomic mass is 10.2. The number of H-pyrrole nitrogens is 1. The first kappa shape index (κ1) is 16.3. The number of benzene rings is 1. The van der Waals surface area contributed by atoms with Crippen molar-refractivity contribution in [1.82, 2.24) is 24.7 Å². The standard InChI is InChI=1S/C19H16N6S2/c26-19-22-21-18(13-8-9-13)25(19)20-11-14-12-24(15-5-2-1-3-6-15)23-17(14)16-7-4-10-27-16/h1-7,10-13H,8-9H2,(H,22,26)/b20-11-. The summed E-state index contributed by atoms with van der Waals surface area (Å²) in [5.74, 6) is 1.36. The number of aromatic nitrogens is 5. The van der Waals surface area contributed by atoms with E-state index in [-0.39, 0.29) is 0 Å². The minimum Gasteiger partial charge on any atom is -0.250 e. The van der Waals surface area contributed by atoms with Gasteiger partial charge in [0, 0.05) is 17.7 Å². The lowest BCUT2D eigenvalue weighted by Crippen LogP contribution is -1.97. The Labute approximate surface area is 164 Å². The van der Waals surface area contributed by atoms with Gasteiger partial charge in [0.25, 0.3) is 0 Å². The highest BCUT2D eigenvalue weighted by Crippen LogP contribution is 2.38. The van der Waals surface area contributed by atoms with Crippen molar-refractivity contribution in [3.63, 3.8) is 0 Å². The second-order valence-corrected chi connectivity index (χ2v) is 7.74. The van der Waals surface area contributed by atoms with Crippen molar-refractivity contribution in [1.29, 1.82) is 0 Å². The average molecular weight is 393 g/mol. The number of hydrogen-bond donors (Lipinski definition) is 1. The Bertz CT molecular complexity index is 1150. The van der Waals surface area contributed by atoms with Crippen LogP contribution in [-0.2, 0) is 0 Å². The van der Waals surface area contributed by atoms with Crippen molar-refractivity contribution in [2.75, 3.05) is 0 Å². The topological polar surface area (TPSA) is 63.8 Å². The quantitative estimate of drug-likeness (QED) is 0.398. The van der Waals surface area contributed by atoms with E-state index >= 15 is 0 Å². The first-order chi connectivity index (χ1) is 13.3. The fourth-order valence-electron chi connectivity index (χ4n) is 2.94. The minimum atomic E-state index is 0.457. The summed E-state index contributed by atoms with van der Waals surface area (Å²) in [6.45, 7) is 0. The van der Waals surface area contributed by atoms with E-state index in [9.17, 15) is 0 Å². The molecule has 5 rings (SSSR count). The monoisotopic (exact) mass is 392 g/mol. The van der Waals surface area contributed by atoms with E-state index in [1.807, 2.05) is 53.5 Å². The van der Waals surface area contributed by atoms with Gasteiger partial charge in [0.2, 0.25) is 4.77 Å². The Hall–Kier alpha value is -2.84. The molecule has 1 aliphatic carbocycles. The molecular formula is C19H16N6S2. The van der Waals surface area contributed by atoms with Crippen LogP contribution in [0.25, 0.3) is 16.3 Å². The number of rotatable bonds is 5. The third-order valence-electron chi connectivity index (χ3n) is 4.45. The highest BCUT2D eigenvalue weighted by Gasteiger charge is 2.29. The summed E-state index contributed by atoms with van der Waals surface area (Å²) < 4.78 is 4.12. The Morgan fingerprint density at radius 3 is 2.78 bits per heavy atom. The number of nitrogens with one attached hydrogen (secondary N) is 1. The highest BCUT2D eigenvalue weighted by molar-refractivity contribution is 7.71. The van der Waals surface area contributed by atoms with Gasteiger partial charge in [-0.05, 0) is 48.6 Å². The van der Waals surface area contributed by atoms with Gasteiger partial charge in [-0.2, -0.15) is 20.0 Å². The molecule has 0 atom stereocenters. The molecule has 4 aromatic rings. The van der Waals surface area contributed by atoms with Crippen LogP contribution in [0.1, 0.15) is 30.1 Å². The van der Waals surface area contributed by atoms with Crippen LogP contribution >= 0.6 is 23.6 Å². The fourth-order valence-corrected chi connectivity index (χ4v) is 3.86. The maximum absolute atomic E-state index is 5.34. The van der Waals surface area contributed by atoms with Gasteiger partial charge in [-0.25, -0.2) is 4.68 Å². The van der Waals surface area contributed by atoms with E-state index in [4.69, 9.17) is 17.3 Å². The summed E-state index contributed by atoms with van der Waals surface area (Å²) >= 11 is 7.00. The first-order valence-electron chi connectivity index (χ1n) is 8.70. The van der Waals surface area contributed by atoms with E-state index in [0.717, 1.165) is 40.5 Å². The Kier molecular flexibility index (Phi) is 4.06. The Morgan fingerprint density at radius 1 is 1.19 bits per heavy atom. The van der Waals surface area contributed by atoms with Crippen molar-refractivity contribution in [3.8, 4) is 16.3 Å². The molecule has 0 amide bonds. The molecule has 1 saturated carbocycles. The van der Waals surface area contributed by atoms with Gasteiger partial charge in [0.05, 0.1) is 16.8 Å². The molecular weight excluding hydrogens is 376 g/mol. The molecule has 1 N–H and O–H groups in total. The highest BCUT2D eigenvalue weighted by atomic mass is 32.1. The second-order valence-electron chi connectivity index (χ2n) is 6.41. The molecule has 27 heavy (non-hydrogen) atoms. The predicted molar refractivity (Wildman–Crippen MR) is 109 cm³/mol. The molecule has 1 aromatic carbocycles. The maximum atomic E-state index is 5.34. The molecule has 1 aliphatic rings. The largest absolute Gasteiger partial charge is 0.250 e. The van der Waals surface area contributed by atoms with E-state index in [0.29, 0.717) is 10.7 Å². The third kappa shape index (κ3) is 3.17. The maximum Gasteiger partial charge on any atom is 0.216 e. The second kappa shape index (κ2) is 6.71. The van der Waals surface area contributed by atoms with E-state index in [1.54, 1.807) is 16.0 Å². The van der Waals surface area contributed by atoms with Crippen LogP contribution < -0.4 is 0 Å². The summed E-state index contributed by atoms with van der Waals surface area (Å²) in [6.07, 6.45) is 6.09. The molecule has 3 aromatic heterocycles. The molecule has 0 radical (unpaired) electrons. The van der Waals surface area contributed by atoms with E-state index in [1.165, 1.54) is 0 Å². The zero-order valence-corrected chi connectivity index (χ0v) is 16.0. The molecule has 1 fully saturated rings. The van der Waals surface area contributed by atoms with Crippen molar-refractivity contribution < 1.29 is 0 Å². The molecule has 0 saturated heterocycles. The molecule has 6 nitrogen and oxygen atoms in total. The fraction of sp³-hybridized carbons (Fsp3) is 0.158. The van der Waals surface area contributed by atoms with Gasteiger partial charge >= 0.3 is 0 Å². The summed E-state index contributed by atoms with van der Waals surface area (Å²) in [7, 11) is 0. The van der Waals surface area contributed by atoms with Gasteiger partial charge < -0.3 is 0 Å². The van der Waals surface area contributed by atoms with Crippen molar-refractivity contribution in [2.24, 2.45) is 5.10 Å². The number of nitrogens with zero attached hydrogens (tertiary/aromatic N) is 5. The third-order valence-corrected chi connectivity index (χ3v) is 5.59. The molecule has 0 bridgehead atoms. The number of para-hydroxylation sites is 1. The van der Waals surface area contributed by atoms with Crippen LogP contribution in [0.3, 0.4) is 0 Å². The normalized spacial score (nSPS) is 14.2. The summed E-state index contributed by atoms with van der Waals surface area (Å²) in [5.41, 5.74) is 2.85. The Balaban J connectivity index is 1.58. The smallest absolute Gasteiger partial charge is 0.216 e. The number of aromatic amines is 1. The van der Waals surface area contributed by atoms with Crippen LogP contribution in [0.2, 0.25) is 0 Å². The average Bonchev–Trinajstić information content (AvgIpc) is 3.09. The lowest BCUT2D eigenvalue weighted by molar-refractivity contribution is 0.773. The predicted octanol–water partition coefficient (Wildman–Crippen LogP) is 4.61. The van der Waals surface area contributed by atoms with Gasteiger partial charge in [0.1, 0.15) is 5.69 Å². The van der Waals surface area contributed by atoms with Gasteiger partial charge in [-0.1, -0.05) is 24.3 Å². The van der Waals surface area contributed by atoms with Crippen LogP contribution in [0.15, 0.2) is 59.1 Å².